The fraction of sp³-hybridized carbons (Fsp3) is 0.238. The number of thiazole rings is 1. The van der Waals surface area contributed by atoms with Crippen LogP contribution in [0.4, 0.5) is 5.82 Å². The van der Waals surface area contributed by atoms with Crippen LogP contribution in [-0.2, 0) is 9.84 Å². The van der Waals surface area contributed by atoms with Gasteiger partial charge in [0.2, 0.25) is 0 Å². The summed E-state index contributed by atoms with van der Waals surface area (Å²) in [5.41, 5.74) is 0.274. The maximum absolute atomic E-state index is 12.7. The number of anilines is 1. The molecule has 0 bridgehead atoms. The van der Waals surface area contributed by atoms with E-state index in [1.807, 2.05) is 6.92 Å². The Kier molecular flexibility index (Phi) is 6.94. The van der Waals surface area contributed by atoms with Gasteiger partial charge in [-0.25, -0.2) is 13.4 Å². The van der Waals surface area contributed by atoms with Gasteiger partial charge >= 0.3 is 0 Å². The third kappa shape index (κ3) is 6.27. The van der Waals surface area contributed by atoms with Gasteiger partial charge in [-0.15, -0.1) is 11.3 Å². The number of ether oxygens (including phenoxy) is 2. The normalized spacial score (nSPS) is 12.3. The molecule has 1 heterocycles. The van der Waals surface area contributed by atoms with Gasteiger partial charge in [0.15, 0.2) is 9.84 Å². The second-order valence-electron chi connectivity index (χ2n) is 6.86. The van der Waals surface area contributed by atoms with Crippen molar-refractivity contribution in [3.05, 3.63) is 58.4 Å². The van der Waals surface area contributed by atoms with Crippen LogP contribution in [0.5, 0.6) is 17.2 Å². The van der Waals surface area contributed by atoms with Crippen molar-refractivity contribution in [2.24, 2.45) is 0 Å². The fourth-order valence-electron chi connectivity index (χ4n) is 2.60. The van der Waals surface area contributed by atoms with Crippen molar-refractivity contribution in [3.63, 3.8) is 0 Å². The highest BCUT2D eigenvalue weighted by molar-refractivity contribution is 7.90. The van der Waals surface area contributed by atoms with Crippen LogP contribution in [0.1, 0.15) is 22.3 Å². The maximum atomic E-state index is 12.7. The zero-order valence-electron chi connectivity index (χ0n) is 17.2. The predicted octanol–water partition coefficient (Wildman–Crippen LogP) is 3.66. The molecule has 2 N–H and O–H groups in total. The largest absolute Gasteiger partial charge is 0.488 e. The number of aliphatic hydroxyl groups excluding tert-OH is 1. The first-order valence-electron chi connectivity index (χ1n) is 9.28. The molecule has 0 radical (unpaired) electrons. The Bertz CT molecular complexity index is 1170. The number of hydrogen-bond donors (Lipinski definition) is 2. The van der Waals surface area contributed by atoms with Crippen molar-refractivity contribution in [2.75, 3.05) is 18.2 Å². The molecule has 1 aromatic heterocycles. The fourth-order valence-corrected chi connectivity index (χ4v) is 3.77. The lowest BCUT2D eigenvalue weighted by Crippen LogP contribution is -2.17. The molecule has 2 aromatic carbocycles. The van der Waals surface area contributed by atoms with Gasteiger partial charge in [-0.05, 0) is 50.2 Å². The van der Waals surface area contributed by atoms with Crippen LogP contribution in [0.15, 0.2) is 52.7 Å². The summed E-state index contributed by atoms with van der Waals surface area (Å²) in [6, 6.07) is 10.6. The molecular formula is C21H22N2O6S2. The van der Waals surface area contributed by atoms with Crippen molar-refractivity contribution in [2.45, 2.75) is 24.8 Å². The van der Waals surface area contributed by atoms with Crippen LogP contribution in [-0.4, -0.2) is 43.4 Å². The number of amides is 1. The number of sulfone groups is 1. The second-order valence-corrected chi connectivity index (χ2v) is 9.93. The van der Waals surface area contributed by atoms with Gasteiger partial charge in [0.05, 0.1) is 16.5 Å². The average Bonchev–Trinajstić information content (AvgIpc) is 3.12. The van der Waals surface area contributed by atoms with Crippen LogP contribution < -0.4 is 14.8 Å². The van der Waals surface area contributed by atoms with Crippen molar-refractivity contribution < 1.29 is 27.8 Å². The first-order valence-corrected chi connectivity index (χ1v) is 12.0. The number of aromatic nitrogens is 1. The van der Waals surface area contributed by atoms with Gasteiger partial charge in [0.25, 0.3) is 5.91 Å². The van der Waals surface area contributed by atoms with Crippen molar-refractivity contribution >= 4 is 32.9 Å². The Labute approximate surface area is 184 Å². The van der Waals surface area contributed by atoms with Crippen LogP contribution in [0.2, 0.25) is 0 Å². The van der Waals surface area contributed by atoms with E-state index in [9.17, 15) is 18.3 Å². The Morgan fingerprint density at radius 3 is 2.42 bits per heavy atom. The van der Waals surface area contributed by atoms with Crippen molar-refractivity contribution in [3.8, 4) is 17.2 Å². The van der Waals surface area contributed by atoms with Gasteiger partial charge in [0, 0.05) is 23.3 Å². The van der Waals surface area contributed by atoms with Gasteiger partial charge in [0.1, 0.15) is 29.2 Å². The maximum Gasteiger partial charge on any atom is 0.257 e. The van der Waals surface area contributed by atoms with Gasteiger partial charge in [-0.1, -0.05) is 0 Å². The lowest BCUT2D eigenvalue weighted by molar-refractivity contribution is 0.102. The Morgan fingerprint density at radius 2 is 1.84 bits per heavy atom. The molecule has 0 aliphatic carbocycles. The second kappa shape index (κ2) is 9.46. The quantitative estimate of drug-likeness (QED) is 0.525. The third-order valence-corrected chi connectivity index (χ3v) is 5.99. The summed E-state index contributed by atoms with van der Waals surface area (Å²) in [6.45, 7) is 3.33. The molecule has 10 heteroatoms. The summed E-state index contributed by atoms with van der Waals surface area (Å²) in [5.74, 6) is 1.09. The lowest BCUT2D eigenvalue weighted by Gasteiger charge is -2.15. The monoisotopic (exact) mass is 462 g/mol. The van der Waals surface area contributed by atoms with Crippen LogP contribution in [0.25, 0.3) is 0 Å². The highest BCUT2D eigenvalue weighted by Crippen LogP contribution is 2.29. The molecule has 0 fully saturated rings. The number of nitrogens with zero attached hydrogens (tertiary/aromatic N) is 1. The third-order valence-electron chi connectivity index (χ3n) is 4.08. The predicted molar refractivity (Wildman–Crippen MR) is 118 cm³/mol. The number of rotatable bonds is 8. The summed E-state index contributed by atoms with van der Waals surface area (Å²) in [5, 5.41) is 14.6. The highest BCUT2D eigenvalue weighted by Gasteiger charge is 2.14. The molecule has 8 nitrogen and oxygen atoms in total. The first-order chi connectivity index (χ1) is 14.6. The Balaban J connectivity index is 1.88. The molecule has 0 saturated heterocycles. The van der Waals surface area contributed by atoms with E-state index < -0.39 is 21.8 Å². The van der Waals surface area contributed by atoms with E-state index in [1.54, 1.807) is 24.4 Å². The number of nitrogens with one attached hydrogen (secondary N) is 1. The van der Waals surface area contributed by atoms with E-state index in [0.717, 1.165) is 11.3 Å². The van der Waals surface area contributed by atoms with Crippen molar-refractivity contribution in [1.82, 2.24) is 4.98 Å². The molecule has 0 aliphatic heterocycles. The summed E-state index contributed by atoms with van der Waals surface area (Å²) in [7, 11) is -3.32. The zero-order valence-corrected chi connectivity index (χ0v) is 18.8. The molecule has 31 heavy (non-hydrogen) atoms. The molecule has 3 aromatic rings. The topological polar surface area (TPSA) is 115 Å². The zero-order chi connectivity index (χ0) is 22.6. The summed E-state index contributed by atoms with van der Waals surface area (Å²) in [6.07, 6.45) is 0.641. The molecule has 0 saturated carbocycles. The minimum Gasteiger partial charge on any atom is -0.488 e. The van der Waals surface area contributed by atoms with E-state index in [1.165, 1.54) is 41.7 Å². The van der Waals surface area contributed by atoms with E-state index in [2.05, 4.69) is 10.3 Å². The molecule has 0 spiro atoms. The number of carbonyl (C=O) groups excluding carboxylic acids is 1. The smallest absolute Gasteiger partial charge is 0.257 e. The average molecular weight is 463 g/mol. The van der Waals surface area contributed by atoms with Gasteiger partial charge in [-0.3, -0.25) is 4.79 Å². The van der Waals surface area contributed by atoms with E-state index >= 15 is 0 Å². The van der Waals surface area contributed by atoms with Gasteiger partial charge < -0.3 is 19.9 Å². The molecule has 3 rings (SSSR count). The summed E-state index contributed by atoms with van der Waals surface area (Å²) < 4.78 is 34.7. The summed E-state index contributed by atoms with van der Waals surface area (Å²) >= 11 is 1.42. The van der Waals surface area contributed by atoms with Crippen molar-refractivity contribution in [1.29, 1.82) is 0 Å². The lowest BCUT2D eigenvalue weighted by atomic mass is 10.2. The van der Waals surface area contributed by atoms with Crippen LogP contribution in [0.3, 0.4) is 0 Å². The molecule has 1 atom stereocenters. The minimum atomic E-state index is -3.32. The molecule has 0 aliphatic rings. The molecule has 1 amide bonds. The first kappa shape index (κ1) is 22.7. The Morgan fingerprint density at radius 1 is 1.16 bits per heavy atom. The SMILES string of the molecule is Cc1nc(NC(=O)c2cc(Oc3ccc(S(C)(=O)=O)cc3)cc(OC(C)CO)c2)cs1. The number of aliphatic hydroxyl groups is 1. The molecular weight excluding hydrogens is 440 g/mol. The minimum absolute atomic E-state index is 0.173. The molecule has 164 valence electrons. The summed E-state index contributed by atoms with van der Waals surface area (Å²) in [4.78, 5) is 17.1. The van der Waals surface area contributed by atoms with Gasteiger partial charge in [-0.2, -0.15) is 0 Å². The van der Waals surface area contributed by atoms with E-state index in [-0.39, 0.29) is 17.1 Å². The van der Waals surface area contributed by atoms with E-state index in [0.29, 0.717) is 23.1 Å². The standard InChI is InChI=1S/C21H22N2O6S2/c1-13(11-24)28-17-8-15(21(25)23-20-12-30-14(2)22-20)9-18(10-17)29-16-4-6-19(7-5-16)31(3,26)27/h4-10,12-13,24H,11H2,1-3H3,(H,23,25). The number of hydrogen-bond acceptors (Lipinski definition) is 8. The number of benzene rings is 2. The van der Waals surface area contributed by atoms with Crippen LogP contribution in [0, 0.1) is 6.92 Å². The highest BCUT2D eigenvalue weighted by atomic mass is 32.2. The molecule has 1 unspecified atom stereocenters. The van der Waals surface area contributed by atoms with Crippen LogP contribution >= 0.6 is 11.3 Å². The number of carbonyl (C=O) groups is 1. The Hall–Kier alpha value is -2.95. The van der Waals surface area contributed by atoms with E-state index in [4.69, 9.17) is 9.47 Å². The number of aryl methyl sites for hydroxylation is 1.